The molecule has 1 aromatic carbocycles. The Hall–Kier alpha value is -1.07. The van der Waals surface area contributed by atoms with E-state index in [1.807, 2.05) is 32.2 Å². The van der Waals surface area contributed by atoms with Crippen LogP contribution in [0, 0.1) is 0 Å². The van der Waals surface area contributed by atoms with Gasteiger partial charge < -0.3 is 15.4 Å². The summed E-state index contributed by atoms with van der Waals surface area (Å²) in [6, 6.07) is 5.81. The van der Waals surface area contributed by atoms with E-state index in [1.54, 1.807) is 0 Å². The van der Waals surface area contributed by atoms with E-state index in [1.165, 1.54) is 0 Å². The molecule has 0 fully saturated rings. The molecule has 4 nitrogen and oxygen atoms in total. The number of hydrogen-bond donors (Lipinski definition) is 2. The van der Waals surface area contributed by atoms with Crippen molar-refractivity contribution < 1.29 is 9.53 Å². The Balaban J connectivity index is 2.47. The molecule has 0 unspecified atom stereocenters. The molecule has 0 atom stereocenters. The van der Waals surface area contributed by atoms with E-state index in [0.717, 1.165) is 22.3 Å². The molecule has 0 aliphatic heterocycles. The number of nitrogens with one attached hydrogen (secondary N) is 2. The van der Waals surface area contributed by atoms with Crippen LogP contribution in [0.1, 0.15) is 18.9 Å². The number of hydrogen-bond acceptors (Lipinski definition) is 3. The van der Waals surface area contributed by atoms with Gasteiger partial charge in [-0.05, 0) is 37.7 Å². The molecule has 0 heterocycles. The second kappa shape index (κ2) is 8.11. The summed E-state index contributed by atoms with van der Waals surface area (Å²) in [6.45, 7) is 3.72. The van der Waals surface area contributed by atoms with Crippen molar-refractivity contribution in [3.05, 3.63) is 28.2 Å². The van der Waals surface area contributed by atoms with Gasteiger partial charge in [0.2, 0.25) is 5.91 Å². The van der Waals surface area contributed by atoms with Gasteiger partial charge in [-0.15, -0.1) is 0 Å². The van der Waals surface area contributed by atoms with Crippen molar-refractivity contribution in [3.63, 3.8) is 0 Å². The number of amides is 1. The van der Waals surface area contributed by atoms with Gasteiger partial charge in [0.25, 0.3) is 0 Å². The highest BCUT2D eigenvalue weighted by atomic mass is 79.9. The van der Waals surface area contributed by atoms with Crippen molar-refractivity contribution in [1.29, 1.82) is 0 Å². The summed E-state index contributed by atoms with van der Waals surface area (Å²) >= 11 is 3.48. The summed E-state index contributed by atoms with van der Waals surface area (Å²) in [7, 11) is 1.90. The van der Waals surface area contributed by atoms with E-state index >= 15 is 0 Å². The normalized spacial score (nSPS) is 10.2. The molecule has 2 N–H and O–H groups in total. The lowest BCUT2D eigenvalue weighted by Gasteiger charge is -2.09. The Morgan fingerprint density at radius 1 is 1.44 bits per heavy atom. The largest absolute Gasteiger partial charge is 0.493 e. The molecule has 0 bridgehead atoms. The van der Waals surface area contributed by atoms with Crippen LogP contribution < -0.4 is 15.4 Å². The molecule has 5 heteroatoms. The Morgan fingerprint density at radius 3 is 2.89 bits per heavy atom. The third-order valence-corrected chi connectivity index (χ3v) is 3.13. The van der Waals surface area contributed by atoms with Crippen molar-refractivity contribution in [3.8, 4) is 5.75 Å². The number of ether oxygens (including phenoxy) is 1. The van der Waals surface area contributed by atoms with E-state index in [4.69, 9.17) is 4.74 Å². The minimum absolute atomic E-state index is 0.0186. The van der Waals surface area contributed by atoms with Crippen LogP contribution >= 0.6 is 15.9 Å². The lowest BCUT2D eigenvalue weighted by molar-refractivity contribution is -0.121. The average molecular weight is 315 g/mol. The van der Waals surface area contributed by atoms with Crippen LogP contribution in [0.15, 0.2) is 22.7 Å². The lowest BCUT2D eigenvalue weighted by atomic mass is 10.2. The van der Waals surface area contributed by atoms with Gasteiger partial charge in [-0.1, -0.05) is 15.9 Å². The zero-order valence-electron chi connectivity index (χ0n) is 10.8. The predicted molar refractivity (Wildman–Crippen MR) is 75.7 cm³/mol. The Morgan fingerprint density at radius 2 is 2.22 bits per heavy atom. The molecular formula is C13H19BrN2O2. The summed E-state index contributed by atoms with van der Waals surface area (Å²) < 4.78 is 6.60. The SMILES string of the molecule is CCNC(=O)CCOc1ccc(Br)c(CNC)c1. The molecule has 0 radical (unpaired) electrons. The molecule has 18 heavy (non-hydrogen) atoms. The first-order valence-electron chi connectivity index (χ1n) is 6.00. The smallest absolute Gasteiger partial charge is 0.223 e. The molecule has 100 valence electrons. The summed E-state index contributed by atoms with van der Waals surface area (Å²) in [5.74, 6) is 0.804. The van der Waals surface area contributed by atoms with E-state index in [9.17, 15) is 4.79 Å². The molecule has 0 aliphatic rings. The Labute approximate surface area is 116 Å². The van der Waals surface area contributed by atoms with Gasteiger partial charge in [-0.3, -0.25) is 4.79 Å². The second-order valence-electron chi connectivity index (χ2n) is 3.84. The van der Waals surface area contributed by atoms with Gasteiger partial charge in [-0.2, -0.15) is 0 Å². The standard InChI is InChI=1S/C13H19BrN2O2/c1-3-16-13(17)6-7-18-11-4-5-12(14)10(8-11)9-15-2/h4-5,8,15H,3,6-7,9H2,1-2H3,(H,16,17). The lowest BCUT2D eigenvalue weighted by Crippen LogP contribution is -2.24. The molecule has 0 saturated carbocycles. The summed E-state index contributed by atoms with van der Waals surface area (Å²) in [5.41, 5.74) is 1.13. The molecule has 0 saturated heterocycles. The second-order valence-corrected chi connectivity index (χ2v) is 4.69. The molecule has 0 spiro atoms. The van der Waals surface area contributed by atoms with Crippen LogP contribution in [0.4, 0.5) is 0 Å². The summed E-state index contributed by atoms with van der Waals surface area (Å²) in [5, 5.41) is 5.83. The minimum atomic E-state index is 0.0186. The summed E-state index contributed by atoms with van der Waals surface area (Å²) in [6.07, 6.45) is 0.380. The van der Waals surface area contributed by atoms with E-state index in [0.29, 0.717) is 19.6 Å². The van der Waals surface area contributed by atoms with Gasteiger partial charge in [0.05, 0.1) is 13.0 Å². The number of carbonyl (C=O) groups is 1. The highest BCUT2D eigenvalue weighted by Gasteiger charge is 2.03. The van der Waals surface area contributed by atoms with Gasteiger partial charge >= 0.3 is 0 Å². The van der Waals surface area contributed by atoms with Crippen LogP contribution in [0.2, 0.25) is 0 Å². The van der Waals surface area contributed by atoms with Gasteiger partial charge in [0.1, 0.15) is 5.75 Å². The predicted octanol–water partition coefficient (Wildman–Crippen LogP) is 2.07. The van der Waals surface area contributed by atoms with Crippen molar-refractivity contribution in [2.45, 2.75) is 19.9 Å². The van der Waals surface area contributed by atoms with Crippen LogP contribution in [-0.4, -0.2) is 26.1 Å². The Kier molecular flexibility index (Phi) is 6.75. The highest BCUT2D eigenvalue weighted by molar-refractivity contribution is 9.10. The molecular weight excluding hydrogens is 296 g/mol. The molecule has 1 aromatic rings. The maximum Gasteiger partial charge on any atom is 0.223 e. The topological polar surface area (TPSA) is 50.4 Å². The minimum Gasteiger partial charge on any atom is -0.493 e. The van der Waals surface area contributed by atoms with E-state index in [2.05, 4.69) is 26.6 Å². The third-order valence-electron chi connectivity index (χ3n) is 2.36. The number of rotatable bonds is 7. The summed E-state index contributed by atoms with van der Waals surface area (Å²) in [4.78, 5) is 11.2. The van der Waals surface area contributed by atoms with Crippen molar-refractivity contribution in [2.75, 3.05) is 20.2 Å². The number of benzene rings is 1. The van der Waals surface area contributed by atoms with Crippen molar-refractivity contribution in [1.82, 2.24) is 10.6 Å². The molecule has 0 aliphatic carbocycles. The zero-order valence-corrected chi connectivity index (χ0v) is 12.3. The van der Waals surface area contributed by atoms with Gasteiger partial charge in [0.15, 0.2) is 0 Å². The molecule has 1 rings (SSSR count). The van der Waals surface area contributed by atoms with Crippen LogP contribution in [0.3, 0.4) is 0 Å². The fourth-order valence-corrected chi connectivity index (χ4v) is 1.90. The monoisotopic (exact) mass is 314 g/mol. The Bertz CT molecular complexity index is 397. The quantitative estimate of drug-likeness (QED) is 0.810. The van der Waals surface area contributed by atoms with E-state index < -0.39 is 0 Å². The van der Waals surface area contributed by atoms with E-state index in [-0.39, 0.29) is 5.91 Å². The van der Waals surface area contributed by atoms with Gasteiger partial charge in [0, 0.05) is 17.6 Å². The first-order chi connectivity index (χ1) is 8.67. The number of carbonyl (C=O) groups excluding carboxylic acids is 1. The average Bonchev–Trinajstić information content (AvgIpc) is 2.34. The molecule has 0 aromatic heterocycles. The van der Waals surface area contributed by atoms with Crippen LogP contribution in [-0.2, 0) is 11.3 Å². The first kappa shape index (κ1) is 15.0. The zero-order chi connectivity index (χ0) is 13.4. The number of halogens is 1. The maximum absolute atomic E-state index is 11.2. The fourth-order valence-electron chi connectivity index (χ4n) is 1.51. The van der Waals surface area contributed by atoms with Gasteiger partial charge in [-0.25, -0.2) is 0 Å². The molecule has 1 amide bonds. The fraction of sp³-hybridized carbons (Fsp3) is 0.462. The van der Waals surface area contributed by atoms with Crippen molar-refractivity contribution in [2.24, 2.45) is 0 Å². The third kappa shape index (κ3) is 5.06. The highest BCUT2D eigenvalue weighted by Crippen LogP contribution is 2.22. The van der Waals surface area contributed by atoms with Crippen molar-refractivity contribution >= 4 is 21.8 Å². The maximum atomic E-state index is 11.2. The first-order valence-corrected chi connectivity index (χ1v) is 6.79. The van der Waals surface area contributed by atoms with Crippen LogP contribution in [0.5, 0.6) is 5.75 Å². The van der Waals surface area contributed by atoms with Crippen LogP contribution in [0.25, 0.3) is 0 Å².